The smallest absolute Gasteiger partial charge is 0.244 e. The first-order valence-corrected chi connectivity index (χ1v) is 12.3. The van der Waals surface area contributed by atoms with Gasteiger partial charge in [0.15, 0.2) is 0 Å². The van der Waals surface area contributed by atoms with Crippen molar-refractivity contribution in [3.63, 3.8) is 0 Å². The van der Waals surface area contributed by atoms with Gasteiger partial charge in [0, 0.05) is 19.2 Å². The summed E-state index contributed by atoms with van der Waals surface area (Å²) in [4.78, 5) is 12.3. The lowest BCUT2D eigenvalue weighted by atomic mass is 10.1. The SMILES string of the molecule is CCNS(=O)(=O)c1ccc(C=CC(=O)NCCc2ccc(OCc3ccccc3)cc2)cc1. The molecule has 0 atom stereocenters. The molecule has 2 N–H and O–H groups in total. The van der Waals surface area contributed by atoms with Gasteiger partial charge >= 0.3 is 0 Å². The first-order valence-electron chi connectivity index (χ1n) is 10.8. The van der Waals surface area contributed by atoms with Gasteiger partial charge in [0.05, 0.1) is 4.90 Å². The van der Waals surface area contributed by atoms with Crippen molar-refractivity contribution in [1.29, 1.82) is 0 Å². The fourth-order valence-corrected chi connectivity index (χ4v) is 4.13. The zero-order chi connectivity index (χ0) is 23.5. The molecule has 0 heterocycles. The van der Waals surface area contributed by atoms with E-state index in [4.69, 9.17) is 4.74 Å². The van der Waals surface area contributed by atoms with Crippen LogP contribution in [0.5, 0.6) is 5.75 Å². The zero-order valence-corrected chi connectivity index (χ0v) is 19.3. The minimum Gasteiger partial charge on any atom is -0.489 e. The Bertz CT molecular complexity index is 1160. The number of rotatable bonds is 11. The quantitative estimate of drug-likeness (QED) is 0.421. The summed E-state index contributed by atoms with van der Waals surface area (Å²) in [6.07, 6.45) is 3.79. The average molecular weight is 465 g/mol. The fourth-order valence-electron chi connectivity index (χ4n) is 3.09. The molecule has 0 saturated carbocycles. The first kappa shape index (κ1) is 24.2. The molecule has 3 aromatic rings. The summed E-state index contributed by atoms with van der Waals surface area (Å²) in [6, 6.07) is 24.2. The molecular formula is C26H28N2O4S. The third-order valence-corrected chi connectivity index (χ3v) is 6.40. The van der Waals surface area contributed by atoms with E-state index >= 15 is 0 Å². The maximum atomic E-state index is 12.1. The van der Waals surface area contributed by atoms with Crippen molar-refractivity contribution >= 4 is 22.0 Å². The molecule has 0 fully saturated rings. The second-order valence-electron chi connectivity index (χ2n) is 7.36. The second-order valence-corrected chi connectivity index (χ2v) is 9.13. The van der Waals surface area contributed by atoms with Crippen LogP contribution in [-0.2, 0) is 27.8 Å². The van der Waals surface area contributed by atoms with Crippen LogP contribution in [0.3, 0.4) is 0 Å². The summed E-state index contributed by atoms with van der Waals surface area (Å²) in [5.41, 5.74) is 2.96. The van der Waals surface area contributed by atoms with Crippen molar-refractivity contribution in [2.75, 3.05) is 13.1 Å². The monoisotopic (exact) mass is 464 g/mol. The molecule has 1 amide bonds. The highest BCUT2D eigenvalue weighted by Crippen LogP contribution is 2.15. The van der Waals surface area contributed by atoms with Crippen LogP contribution in [0.4, 0.5) is 0 Å². The molecule has 0 aliphatic rings. The van der Waals surface area contributed by atoms with Gasteiger partial charge in [-0.25, -0.2) is 13.1 Å². The number of hydrogen-bond acceptors (Lipinski definition) is 4. The molecule has 3 rings (SSSR count). The van der Waals surface area contributed by atoms with E-state index in [0.717, 1.165) is 22.4 Å². The first-order chi connectivity index (χ1) is 16.0. The lowest BCUT2D eigenvalue weighted by Gasteiger charge is -2.08. The van der Waals surface area contributed by atoms with E-state index in [1.807, 2.05) is 54.6 Å². The van der Waals surface area contributed by atoms with E-state index in [1.54, 1.807) is 25.1 Å². The topological polar surface area (TPSA) is 84.5 Å². The number of carbonyl (C=O) groups is 1. The van der Waals surface area contributed by atoms with Crippen LogP contribution >= 0.6 is 0 Å². The second kappa shape index (κ2) is 12.0. The number of carbonyl (C=O) groups excluding carboxylic acids is 1. The summed E-state index contributed by atoms with van der Waals surface area (Å²) in [5.74, 6) is 0.598. The largest absolute Gasteiger partial charge is 0.489 e. The Hall–Kier alpha value is -3.42. The molecule has 7 heteroatoms. The van der Waals surface area contributed by atoms with Gasteiger partial charge < -0.3 is 10.1 Å². The predicted octanol–water partition coefficient (Wildman–Crippen LogP) is 3.94. The molecule has 0 aliphatic carbocycles. The standard InChI is InChI=1S/C26H28N2O4S/c1-2-28-33(30,31)25-15-10-21(11-16-25)12-17-26(29)27-19-18-22-8-13-24(14-9-22)32-20-23-6-4-3-5-7-23/h3-17,28H,2,18-20H2,1H3,(H,27,29). The van der Waals surface area contributed by atoms with Crippen LogP contribution in [0.1, 0.15) is 23.6 Å². The highest BCUT2D eigenvalue weighted by Gasteiger charge is 2.11. The number of ether oxygens (including phenoxy) is 1. The van der Waals surface area contributed by atoms with Crippen molar-refractivity contribution in [2.24, 2.45) is 0 Å². The van der Waals surface area contributed by atoms with Crippen molar-refractivity contribution in [1.82, 2.24) is 10.0 Å². The van der Waals surface area contributed by atoms with Crippen molar-refractivity contribution in [2.45, 2.75) is 24.8 Å². The molecule has 6 nitrogen and oxygen atoms in total. The average Bonchev–Trinajstić information content (AvgIpc) is 2.83. The summed E-state index contributed by atoms with van der Waals surface area (Å²) < 4.78 is 32.1. The third kappa shape index (κ3) is 7.89. The molecule has 0 unspecified atom stereocenters. The summed E-state index contributed by atoms with van der Waals surface area (Å²) in [5, 5.41) is 2.85. The van der Waals surface area contributed by atoms with Crippen molar-refractivity contribution in [3.05, 3.63) is 102 Å². The van der Waals surface area contributed by atoms with Gasteiger partial charge in [-0.2, -0.15) is 0 Å². The van der Waals surface area contributed by atoms with E-state index in [1.165, 1.54) is 18.2 Å². The molecule has 0 saturated heterocycles. The molecule has 0 aromatic heterocycles. The summed E-state index contributed by atoms with van der Waals surface area (Å²) in [7, 11) is -3.48. The maximum absolute atomic E-state index is 12.1. The number of sulfonamides is 1. The third-order valence-electron chi connectivity index (χ3n) is 4.84. The van der Waals surface area contributed by atoms with E-state index < -0.39 is 10.0 Å². The van der Waals surface area contributed by atoms with Crippen molar-refractivity contribution < 1.29 is 17.9 Å². The Morgan fingerprint density at radius 2 is 1.61 bits per heavy atom. The van der Waals surface area contributed by atoms with Gasteiger partial charge in [-0.05, 0) is 53.5 Å². The highest BCUT2D eigenvalue weighted by atomic mass is 32.2. The molecule has 0 radical (unpaired) electrons. The van der Waals surface area contributed by atoms with E-state index in [0.29, 0.717) is 26.1 Å². The fraction of sp³-hybridized carbons (Fsp3) is 0.192. The van der Waals surface area contributed by atoms with Crippen LogP contribution < -0.4 is 14.8 Å². The Morgan fingerprint density at radius 3 is 2.27 bits per heavy atom. The molecule has 0 spiro atoms. The van der Waals surface area contributed by atoms with Gasteiger partial charge in [-0.1, -0.05) is 61.5 Å². The normalized spacial score (nSPS) is 11.4. The van der Waals surface area contributed by atoms with Gasteiger partial charge in [-0.15, -0.1) is 0 Å². The Balaban J connectivity index is 1.41. The Morgan fingerprint density at radius 1 is 0.909 bits per heavy atom. The van der Waals surface area contributed by atoms with Crippen LogP contribution in [0, 0.1) is 0 Å². The van der Waals surface area contributed by atoms with E-state index in [9.17, 15) is 13.2 Å². The van der Waals surface area contributed by atoms with E-state index in [-0.39, 0.29) is 10.8 Å². The zero-order valence-electron chi connectivity index (χ0n) is 18.5. The highest BCUT2D eigenvalue weighted by molar-refractivity contribution is 7.89. The number of nitrogens with one attached hydrogen (secondary N) is 2. The number of amides is 1. The van der Waals surface area contributed by atoms with Crippen LogP contribution in [0.15, 0.2) is 89.8 Å². The molecule has 3 aromatic carbocycles. The molecule has 172 valence electrons. The summed E-state index contributed by atoms with van der Waals surface area (Å²) in [6.45, 7) is 3.09. The van der Waals surface area contributed by atoms with Gasteiger partial charge in [0.1, 0.15) is 12.4 Å². The van der Waals surface area contributed by atoms with Crippen LogP contribution in [-0.4, -0.2) is 27.4 Å². The molecule has 0 aliphatic heterocycles. The lowest BCUT2D eigenvalue weighted by Crippen LogP contribution is -2.23. The number of benzene rings is 3. The summed E-state index contributed by atoms with van der Waals surface area (Å²) >= 11 is 0. The number of hydrogen-bond donors (Lipinski definition) is 2. The molecule has 0 bridgehead atoms. The molecule has 33 heavy (non-hydrogen) atoms. The van der Waals surface area contributed by atoms with Crippen molar-refractivity contribution in [3.8, 4) is 5.75 Å². The predicted molar refractivity (Wildman–Crippen MR) is 130 cm³/mol. The maximum Gasteiger partial charge on any atom is 0.244 e. The Kier molecular flexibility index (Phi) is 8.80. The lowest BCUT2D eigenvalue weighted by molar-refractivity contribution is -0.116. The van der Waals surface area contributed by atoms with Gasteiger partial charge in [0.2, 0.25) is 15.9 Å². The van der Waals surface area contributed by atoms with Gasteiger partial charge in [0.25, 0.3) is 0 Å². The molecular weight excluding hydrogens is 436 g/mol. The van der Waals surface area contributed by atoms with Crippen LogP contribution in [0.25, 0.3) is 6.08 Å². The minimum atomic E-state index is -3.48. The van der Waals surface area contributed by atoms with Crippen LogP contribution in [0.2, 0.25) is 0 Å². The minimum absolute atomic E-state index is 0.197. The van der Waals surface area contributed by atoms with E-state index in [2.05, 4.69) is 10.0 Å². The Labute approximate surface area is 195 Å². The van der Waals surface area contributed by atoms with Gasteiger partial charge in [-0.3, -0.25) is 4.79 Å².